The Labute approximate surface area is 192 Å². The van der Waals surface area contributed by atoms with Gasteiger partial charge in [-0.05, 0) is 56.0 Å². The predicted octanol–water partition coefficient (Wildman–Crippen LogP) is 6.19. The average Bonchev–Trinajstić information content (AvgIpc) is 3.44. The molecule has 5 rings (SSSR count). The van der Waals surface area contributed by atoms with Crippen LogP contribution in [0.25, 0.3) is 16.4 Å². The monoisotopic (exact) mass is 470 g/mol. The van der Waals surface area contributed by atoms with E-state index in [-0.39, 0.29) is 5.92 Å². The molecule has 0 N–H and O–H groups in total. The fraction of sp³-hybridized carbons (Fsp3) is 0.292. The molecule has 1 aliphatic carbocycles. The highest BCUT2D eigenvalue weighted by molar-refractivity contribution is 7.15. The van der Waals surface area contributed by atoms with E-state index < -0.39 is 11.7 Å². The summed E-state index contributed by atoms with van der Waals surface area (Å²) < 4.78 is 46.3. The van der Waals surface area contributed by atoms with E-state index in [0.29, 0.717) is 11.6 Å². The van der Waals surface area contributed by atoms with Crippen LogP contribution in [0.1, 0.15) is 46.2 Å². The molecule has 0 aliphatic heterocycles. The molecule has 0 spiro atoms. The molecule has 1 aliphatic rings. The van der Waals surface area contributed by atoms with Crippen LogP contribution in [0.15, 0.2) is 48.9 Å². The zero-order chi connectivity index (χ0) is 23.2. The second kappa shape index (κ2) is 8.30. The van der Waals surface area contributed by atoms with Crippen molar-refractivity contribution in [1.82, 2.24) is 19.5 Å². The molecule has 5 nitrogen and oxygen atoms in total. The molecular weight excluding hydrogens is 449 g/mol. The van der Waals surface area contributed by atoms with Gasteiger partial charge in [0.05, 0.1) is 30.4 Å². The summed E-state index contributed by atoms with van der Waals surface area (Å²) >= 11 is 1.59. The Kier molecular flexibility index (Phi) is 5.44. The van der Waals surface area contributed by atoms with Crippen LogP contribution >= 0.6 is 11.3 Å². The zero-order valence-corrected chi connectivity index (χ0v) is 18.9. The summed E-state index contributed by atoms with van der Waals surface area (Å²) in [6.45, 7) is 1.91. The normalized spacial score (nSPS) is 16.0. The number of pyridine rings is 1. The summed E-state index contributed by atoms with van der Waals surface area (Å²) in [4.78, 5) is 15.0. The minimum Gasteiger partial charge on any atom is -0.479 e. The number of thiazole rings is 1. The molecule has 33 heavy (non-hydrogen) atoms. The van der Waals surface area contributed by atoms with E-state index >= 15 is 0 Å². The topological polar surface area (TPSA) is 52.8 Å². The SMILES string of the molecule is COc1nc(-c2nc3c(s2)CCCC3c2ccc(C(F)(F)F)cc2)ccc1-n1cnc(C)c1. The van der Waals surface area contributed by atoms with Crippen LogP contribution in [-0.2, 0) is 12.6 Å². The summed E-state index contributed by atoms with van der Waals surface area (Å²) in [6.07, 6.45) is 2.01. The molecule has 3 heterocycles. The largest absolute Gasteiger partial charge is 0.479 e. The number of aromatic nitrogens is 4. The second-order valence-electron chi connectivity index (χ2n) is 8.04. The maximum atomic E-state index is 13.0. The third-order valence-electron chi connectivity index (χ3n) is 5.84. The van der Waals surface area contributed by atoms with E-state index in [2.05, 4.69) is 9.97 Å². The summed E-state index contributed by atoms with van der Waals surface area (Å²) in [5.74, 6) is 0.452. The van der Waals surface area contributed by atoms with Crippen LogP contribution in [-0.4, -0.2) is 26.6 Å². The highest BCUT2D eigenvalue weighted by atomic mass is 32.1. The molecule has 1 atom stereocenters. The first-order chi connectivity index (χ1) is 15.8. The molecule has 170 valence electrons. The van der Waals surface area contributed by atoms with Gasteiger partial charge in [-0.25, -0.2) is 15.0 Å². The number of aryl methyl sites for hydroxylation is 2. The third kappa shape index (κ3) is 4.13. The first-order valence-corrected chi connectivity index (χ1v) is 11.4. The fourth-order valence-corrected chi connectivity index (χ4v) is 5.34. The Morgan fingerprint density at radius 1 is 1.09 bits per heavy atom. The van der Waals surface area contributed by atoms with Gasteiger partial charge < -0.3 is 9.30 Å². The van der Waals surface area contributed by atoms with Crippen molar-refractivity contribution in [1.29, 1.82) is 0 Å². The maximum Gasteiger partial charge on any atom is 0.416 e. The average molecular weight is 471 g/mol. The number of hydrogen-bond donors (Lipinski definition) is 0. The van der Waals surface area contributed by atoms with Crippen molar-refractivity contribution in [2.75, 3.05) is 7.11 Å². The minimum atomic E-state index is -4.34. The number of alkyl halides is 3. The molecule has 3 aromatic heterocycles. The first kappa shape index (κ1) is 21.6. The Bertz CT molecular complexity index is 1290. The number of nitrogens with zero attached hydrogens (tertiary/aromatic N) is 4. The summed E-state index contributed by atoms with van der Waals surface area (Å²) in [5, 5.41) is 0.783. The van der Waals surface area contributed by atoms with E-state index in [1.807, 2.05) is 29.8 Å². The molecule has 0 radical (unpaired) electrons. The summed E-state index contributed by atoms with van der Waals surface area (Å²) in [6, 6.07) is 9.29. The number of rotatable bonds is 4. The predicted molar refractivity (Wildman–Crippen MR) is 120 cm³/mol. The van der Waals surface area contributed by atoms with E-state index in [1.54, 1.807) is 36.9 Å². The van der Waals surface area contributed by atoms with Gasteiger partial charge in [0.2, 0.25) is 5.88 Å². The Morgan fingerprint density at radius 2 is 1.88 bits per heavy atom. The molecule has 0 amide bonds. The van der Waals surface area contributed by atoms with Gasteiger partial charge in [0.25, 0.3) is 0 Å². The van der Waals surface area contributed by atoms with Gasteiger partial charge in [0, 0.05) is 17.0 Å². The molecule has 9 heteroatoms. The number of ether oxygens (including phenoxy) is 1. The molecule has 1 aromatic carbocycles. The fourth-order valence-electron chi connectivity index (χ4n) is 4.21. The van der Waals surface area contributed by atoms with Gasteiger partial charge in [0.15, 0.2) is 0 Å². The summed E-state index contributed by atoms with van der Waals surface area (Å²) in [5.41, 5.74) is 3.55. The number of fused-ring (bicyclic) bond motifs is 1. The number of hydrogen-bond acceptors (Lipinski definition) is 5. The molecule has 4 aromatic rings. The Morgan fingerprint density at radius 3 is 2.55 bits per heavy atom. The first-order valence-electron chi connectivity index (χ1n) is 10.6. The Balaban J connectivity index is 1.48. The standard InChI is InChI=1S/C24H21F3N4OS/c1-14-12-31(13-28-14)19-11-10-18(29-22(19)32-2)23-30-21-17(4-3-5-20(21)33-23)15-6-8-16(9-7-15)24(25,26)27/h6-13,17H,3-5H2,1-2H3. The van der Waals surface area contributed by atoms with Crippen molar-refractivity contribution in [2.45, 2.75) is 38.3 Å². The number of benzene rings is 1. The molecule has 0 saturated carbocycles. The van der Waals surface area contributed by atoms with Crippen molar-refractivity contribution >= 4 is 11.3 Å². The summed E-state index contributed by atoms with van der Waals surface area (Å²) in [7, 11) is 1.58. The second-order valence-corrected chi connectivity index (χ2v) is 9.12. The molecule has 1 unspecified atom stereocenters. The van der Waals surface area contributed by atoms with E-state index in [4.69, 9.17) is 9.72 Å². The maximum absolute atomic E-state index is 13.0. The molecular formula is C24H21F3N4OS. The van der Waals surface area contributed by atoms with Gasteiger partial charge in [-0.15, -0.1) is 11.3 Å². The lowest BCUT2D eigenvalue weighted by Gasteiger charge is -2.22. The van der Waals surface area contributed by atoms with Crippen LogP contribution in [0.2, 0.25) is 0 Å². The van der Waals surface area contributed by atoms with Crippen molar-refractivity contribution in [3.8, 4) is 22.3 Å². The number of methoxy groups -OCH3 is 1. The molecule has 0 saturated heterocycles. The Hall–Kier alpha value is -3.20. The lowest BCUT2D eigenvalue weighted by Crippen LogP contribution is -2.11. The third-order valence-corrected chi connectivity index (χ3v) is 6.99. The van der Waals surface area contributed by atoms with Crippen LogP contribution in [0.3, 0.4) is 0 Å². The van der Waals surface area contributed by atoms with Gasteiger partial charge in [-0.2, -0.15) is 13.2 Å². The van der Waals surface area contributed by atoms with E-state index in [0.717, 1.165) is 63.9 Å². The number of imidazole rings is 1. The van der Waals surface area contributed by atoms with Gasteiger partial charge in [-0.1, -0.05) is 12.1 Å². The van der Waals surface area contributed by atoms with Crippen molar-refractivity contribution in [3.05, 3.63) is 76.3 Å². The van der Waals surface area contributed by atoms with Crippen LogP contribution in [0.4, 0.5) is 13.2 Å². The highest BCUT2D eigenvalue weighted by Gasteiger charge is 2.31. The van der Waals surface area contributed by atoms with Crippen LogP contribution in [0.5, 0.6) is 5.88 Å². The lowest BCUT2D eigenvalue weighted by molar-refractivity contribution is -0.137. The van der Waals surface area contributed by atoms with Gasteiger partial charge >= 0.3 is 6.18 Å². The van der Waals surface area contributed by atoms with Crippen molar-refractivity contribution in [2.24, 2.45) is 0 Å². The van der Waals surface area contributed by atoms with Crippen molar-refractivity contribution < 1.29 is 17.9 Å². The smallest absolute Gasteiger partial charge is 0.416 e. The molecule has 0 fully saturated rings. The quantitative estimate of drug-likeness (QED) is 0.357. The van der Waals surface area contributed by atoms with Crippen molar-refractivity contribution in [3.63, 3.8) is 0 Å². The minimum absolute atomic E-state index is 0.0175. The van der Waals surface area contributed by atoms with E-state index in [9.17, 15) is 13.2 Å². The van der Waals surface area contributed by atoms with Crippen LogP contribution in [0, 0.1) is 6.92 Å². The zero-order valence-electron chi connectivity index (χ0n) is 18.1. The highest BCUT2D eigenvalue weighted by Crippen LogP contribution is 2.42. The van der Waals surface area contributed by atoms with Gasteiger partial charge in [0.1, 0.15) is 16.4 Å². The number of halogens is 3. The lowest BCUT2D eigenvalue weighted by atomic mass is 9.85. The van der Waals surface area contributed by atoms with E-state index in [1.165, 1.54) is 0 Å². The van der Waals surface area contributed by atoms with Gasteiger partial charge in [-0.3, -0.25) is 0 Å². The molecule has 0 bridgehead atoms. The van der Waals surface area contributed by atoms with Crippen LogP contribution < -0.4 is 4.74 Å².